The van der Waals surface area contributed by atoms with Crippen LogP contribution in [0.1, 0.15) is 32.6 Å². The summed E-state index contributed by atoms with van der Waals surface area (Å²) in [4.78, 5) is 0. The molecule has 0 aromatic rings. The normalized spacial score (nSPS) is 41.5. The Balaban J connectivity index is 1.77. The molecule has 2 fully saturated rings. The molecule has 0 amide bonds. The molecule has 0 aromatic heterocycles. The summed E-state index contributed by atoms with van der Waals surface area (Å²) in [5.74, 6) is 0. The van der Waals surface area contributed by atoms with Crippen LogP contribution in [0.2, 0.25) is 0 Å². The maximum atomic E-state index is 9.81. The molecular formula is C10H19NO2. The number of aliphatic hydroxyl groups is 1. The highest BCUT2D eigenvalue weighted by Gasteiger charge is 2.41. The van der Waals surface area contributed by atoms with Gasteiger partial charge in [-0.2, -0.15) is 0 Å². The van der Waals surface area contributed by atoms with Crippen LogP contribution in [0.5, 0.6) is 0 Å². The number of hydrogen-bond acceptors (Lipinski definition) is 3. The average Bonchev–Trinajstić information content (AvgIpc) is 2.15. The molecule has 2 atom stereocenters. The Labute approximate surface area is 79.5 Å². The number of ether oxygens (including phenoxy) is 1. The molecule has 2 N–H and O–H groups in total. The Bertz CT molecular complexity index is 176. The Morgan fingerprint density at radius 3 is 2.46 bits per heavy atom. The first-order chi connectivity index (χ1) is 6.18. The van der Waals surface area contributed by atoms with Gasteiger partial charge < -0.3 is 15.2 Å². The van der Waals surface area contributed by atoms with Crippen LogP contribution >= 0.6 is 0 Å². The van der Waals surface area contributed by atoms with E-state index in [1.165, 1.54) is 0 Å². The standard InChI is InChI=1S/C10H19NO2/c1-10(12)5-2-9(10)11-8-3-6-13-7-4-8/h8-9,11-12H,2-7H2,1H3. The van der Waals surface area contributed by atoms with Gasteiger partial charge in [0.05, 0.1) is 5.60 Å². The van der Waals surface area contributed by atoms with Crippen molar-refractivity contribution in [2.75, 3.05) is 13.2 Å². The van der Waals surface area contributed by atoms with Crippen LogP contribution in [0.15, 0.2) is 0 Å². The molecule has 1 aliphatic heterocycles. The van der Waals surface area contributed by atoms with Crippen molar-refractivity contribution < 1.29 is 9.84 Å². The van der Waals surface area contributed by atoms with E-state index in [0.29, 0.717) is 12.1 Å². The highest BCUT2D eigenvalue weighted by atomic mass is 16.5. The first-order valence-electron chi connectivity index (χ1n) is 5.25. The molecule has 1 aliphatic carbocycles. The van der Waals surface area contributed by atoms with Crippen molar-refractivity contribution in [1.82, 2.24) is 5.32 Å². The highest BCUT2D eigenvalue weighted by Crippen LogP contribution is 2.32. The smallest absolute Gasteiger partial charge is 0.0772 e. The summed E-state index contributed by atoms with van der Waals surface area (Å²) < 4.78 is 5.28. The van der Waals surface area contributed by atoms with Crippen molar-refractivity contribution in [3.05, 3.63) is 0 Å². The maximum absolute atomic E-state index is 9.81. The van der Waals surface area contributed by atoms with E-state index in [4.69, 9.17) is 4.74 Å². The van der Waals surface area contributed by atoms with Crippen LogP contribution in [0.25, 0.3) is 0 Å². The summed E-state index contributed by atoms with van der Waals surface area (Å²) >= 11 is 0. The van der Waals surface area contributed by atoms with E-state index < -0.39 is 5.60 Å². The Morgan fingerprint density at radius 2 is 2.00 bits per heavy atom. The van der Waals surface area contributed by atoms with Crippen molar-refractivity contribution in [2.24, 2.45) is 0 Å². The van der Waals surface area contributed by atoms with E-state index in [-0.39, 0.29) is 0 Å². The van der Waals surface area contributed by atoms with Gasteiger partial charge in [0, 0.05) is 25.3 Å². The van der Waals surface area contributed by atoms with E-state index in [1.807, 2.05) is 6.92 Å². The zero-order chi connectivity index (χ0) is 9.31. The summed E-state index contributed by atoms with van der Waals surface area (Å²) in [6.07, 6.45) is 4.23. The lowest BCUT2D eigenvalue weighted by atomic mass is 9.76. The molecule has 76 valence electrons. The lowest BCUT2D eigenvalue weighted by Crippen LogP contribution is -2.60. The van der Waals surface area contributed by atoms with Gasteiger partial charge in [0.2, 0.25) is 0 Å². The van der Waals surface area contributed by atoms with E-state index >= 15 is 0 Å². The van der Waals surface area contributed by atoms with Crippen molar-refractivity contribution in [1.29, 1.82) is 0 Å². The first-order valence-corrected chi connectivity index (χ1v) is 5.25. The lowest BCUT2D eigenvalue weighted by Gasteiger charge is -2.45. The van der Waals surface area contributed by atoms with Crippen LogP contribution in [0.4, 0.5) is 0 Å². The van der Waals surface area contributed by atoms with Gasteiger partial charge in [0.1, 0.15) is 0 Å². The Kier molecular flexibility index (Phi) is 2.58. The largest absolute Gasteiger partial charge is 0.389 e. The van der Waals surface area contributed by atoms with Gasteiger partial charge in [0.15, 0.2) is 0 Å². The minimum Gasteiger partial charge on any atom is -0.389 e. The fourth-order valence-corrected chi connectivity index (χ4v) is 2.12. The SMILES string of the molecule is CC1(O)CCC1NC1CCOCC1. The van der Waals surface area contributed by atoms with Crippen molar-refractivity contribution in [2.45, 2.75) is 50.3 Å². The van der Waals surface area contributed by atoms with Crippen LogP contribution in [-0.2, 0) is 4.74 Å². The van der Waals surface area contributed by atoms with E-state index in [9.17, 15) is 5.11 Å². The van der Waals surface area contributed by atoms with E-state index in [2.05, 4.69) is 5.32 Å². The summed E-state index contributed by atoms with van der Waals surface area (Å²) in [6.45, 7) is 3.66. The molecule has 0 aromatic carbocycles. The summed E-state index contributed by atoms with van der Waals surface area (Å²) in [6, 6.07) is 0.876. The molecule has 1 saturated heterocycles. The Morgan fingerprint density at radius 1 is 1.31 bits per heavy atom. The van der Waals surface area contributed by atoms with Gasteiger partial charge in [0.25, 0.3) is 0 Å². The van der Waals surface area contributed by atoms with Gasteiger partial charge in [-0.1, -0.05) is 0 Å². The van der Waals surface area contributed by atoms with Crippen molar-refractivity contribution >= 4 is 0 Å². The third kappa shape index (κ3) is 2.03. The molecule has 2 aliphatic rings. The minimum absolute atomic E-state index is 0.315. The quantitative estimate of drug-likeness (QED) is 0.664. The minimum atomic E-state index is -0.460. The lowest BCUT2D eigenvalue weighted by molar-refractivity contribution is -0.0608. The third-order valence-corrected chi connectivity index (χ3v) is 3.35. The van der Waals surface area contributed by atoms with Crippen molar-refractivity contribution in [3.8, 4) is 0 Å². The van der Waals surface area contributed by atoms with Crippen molar-refractivity contribution in [3.63, 3.8) is 0 Å². The zero-order valence-corrected chi connectivity index (χ0v) is 8.25. The molecule has 0 spiro atoms. The second-order valence-corrected chi connectivity index (χ2v) is 4.50. The second-order valence-electron chi connectivity index (χ2n) is 4.50. The molecule has 0 bridgehead atoms. The predicted molar refractivity (Wildman–Crippen MR) is 50.6 cm³/mol. The molecule has 2 rings (SSSR count). The molecule has 1 saturated carbocycles. The van der Waals surface area contributed by atoms with Gasteiger partial charge in [-0.25, -0.2) is 0 Å². The molecule has 0 radical (unpaired) electrons. The third-order valence-electron chi connectivity index (χ3n) is 3.35. The number of hydrogen-bond donors (Lipinski definition) is 2. The predicted octanol–water partition coefficient (Wildman–Crippen LogP) is 0.668. The summed E-state index contributed by atoms with van der Waals surface area (Å²) in [7, 11) is 0. The van der Waals surface area contributed by atoms with E-state index in [0.717, 1.165) is 38.9 Å². The first kappa shape index (κ1) is 9.44. The number of rotatable bonds is 2. The summed E-state index contributed by atoms with van der Waals surface area (Å²) in [5, 5.41) is 13.3. The molecule has 2 unspecified atom stereocenters. The molecule has 3 nitrogen and oxygen atoms in total. The van der Waals surface area contributed by atoms with Gasteiger partial charge in [-0.3, -0.25) is 0 Å². The fraction of sp³-hybridized carbons (Fsp3) is 1.00. The van der Waals surface area contributed by atoms with Gasteiger partial charge in [-0.05, 0) is 32.6 Å². The van der Waals surface area contributed by atoms with Crippen LogP contribution in [0.3, 0.4) is 0 Å². The van der Waals surface area contributed by atoms with Crippen LogP contribution < -0.4 is 5.32 Å². The average molecular weight is 185 g/mol. The second kappa shape index (κ2) is 3.56. The number of nitrogens with one attached hydrogen (secondary N) is 1. The topological polar surface area (TPSA) is 41.5 Å². The van der Waals surface area contributed by atoms with Gasteiger partial charge >= 0.3 is 0 Å². The highest BCUT2D eigenvalue weighted by molar-refractivity contribution is 4.99. The molecular weight excluding hydrogens is 166 g/mol. The van der Waals surface area contributed by atoms with Crippen LogP contribution in [0, 0.1) is 0 Å². The fourth-order valence-electron chi connectivity index (χ4n) is 2.12. The van der Waals surface area contributed by atoms with E-state index in [1.54, 1.807) is 0 Å². The zero-order valence-electron chi connectivity index (χ0n) is 8.25. The monoisotopic (exact) mass is 185 g/mol. The Hall–Kier alpha value is -0.120. The molecule has 3 heteroatoms. The molecule has 1 heterocycles. The molecule has 13 heavy (non-hydrogen) atoms. The van der Waals surface area contributed by atoms with Crippen LogP contribution in [-0.4, -0.2) is 36.0 Å². The maximum Gasteiger partial charge on any atom is 0.0772 e. The van der Waals surface area contributed by atoms with Gasteiger partial charge in [-0.15, -0.1) is 0 Å². The summed E-state index contributed by atoms with van der Waals surface area (Å²) in [5.41, 5.74) is -0.460.